The first kappa shape index (κ1) is 44.1. The van der Waals surface area contributed by atoms with E-state index in [1.165, 1.54) is 13.6 Å². The van der Waals surface area contributed by atoms with Gasteiger partial charge < -0.3 is 24.5 Å². The van der Waals surface area contributed by atoms with E-state index >= 15 is 0 Å². The van der Waals surface area contributed by atoms with E-state index in [0.29, 0.717) is 6.47 Å². The Kier molecular flexibility index (Phi) is 267. The molecule has 0 aromatic rings. The first-order valence-corrected chi connectivity index (χ1v) is 1.69. The van der Waals surface area contributed by atoms with Gasteiger partial charge in [-0.25, -0.2) is 0 Å². The van der Waals surface area contributed by atoms with E-state index in [2.05, 4.69) is 4.74 Å². The van der Waals surface area contributed by atoms with Crippen molar-refractivity contribution in [1.82, 2.24) is 0 Å². The summed E-state index contributed by atoms with van der Waals surface area (Å²) in [5.41, 5.74) is 0. The van der Waals surface area contributed by atoms with Gasteiger partial charge in [-0.05, 0) is 0 Å². The molecule has 0 atom stereocenters. The van der Waals surface area contributed by atoms with Crippen LogP contribution in [-0.4, -0.2) is 37.4 Å². The smallest absolute Gasteiger partial charge is 0.0362 e. The minimum Gasteiger partial charge on any atom is -0.665 e. The van der Waals surface area contributed by atoms with Crippen molar-refractivity contribution in [2.45, 2.75) is 0 Å². The Labute approximate surface area is 178 Å². The second kappa shape index (κ2) is 78.7. The second-order valence-electron chi connectivity index (χ2n) is 0.379. The molecule has 0 saturated heterocycles. The van der Waals surface area contributed by atoms with E-state index in [-0.39, 0.29) is 131 Å². The fourth-order valence-corrected chi connectivity index (χ4v) is 0. The van der Waals surface area contributed by atoms with Gasteiger partial charge in [0, 0.05) is 145 Å². The van der Waals surface area contributed by atoms with Crippen molar-refractivity contribution in [3.63, 3.8) is 0 Å². The maximum absolute atomic E-state index is 8.83. The van der Waals surface area contributed by atoms with Crippen LogP contribution < -0.4 is 0 Å². The SMILES string of the molecule is CO.CO[C-]=O.O=[C-]O.[Y].[Y].[Y].[Y]. The molecule has 0 heterocycles. The predicted molar refractivity (Wildman–Crippen MR) is 29.2 cm³/mol. The molecular weight excluding hydrogens is 484 g/mol. The first-order valence-electron chi connectivity index (χ1n) is 1.69. The number of aliphatic hydroxyl groups is 1. The van der Waals surface area contributed by atoms with Crippen LogP contribution in [0.25, 0.3) is 0 Å². The summed E-state index contributed by atoms with van der Waals surface area (Å²) in [5, 5.41) is 13.8. The van der Waals surface area contributed by atoms with Crippen molar-refractivity contribution in [1.29, 1.82) is 0 Å². The largest absolute Gasteiger partial charge is 0.665 e. The average molecular weight is 492 g/mol. The molecule has 9 heteroatoms. The van der Waals surface area contributed by atoms with Gasteiger partial charge in [0.2, 0.25) is 0 Å². The molecule has 0 aliphatic heterocycles. The molecule has 4 radical (unpaired) electrons. The van der Waals surface area contributed by atoms with Crippen LogP contribution in [0.5, 0.6) is 0 Å². The van der Waals surface area contributed by atoms with Gasteiger partial charge in [-0.3, -0.25) is 0 Å². The molecule has 0 fully saturated rings. The van der Waals surface area contributed by atoms with Gasteiger partial charge in [0.25, 0.3) is 0 Å². The zero-order valence-corrected chi connectivity index (χ0v) is 18.8. The summed E-state index contributed by atoms with van der Waals surface area (Å²) in [6, 6.07) is 0. The van der Waals surface area contributed by atoms with Gasteiger partial charge in [-0.1, -0.05) is 12.9 Å². The molecule has 0 aromatic heterocycles. The Morgan fingerprint density at radius 2 is 1.08 bits per heavy atom. The predicted octanol–water partition coefficient (Wildman–Crippen LogP) is -1.09. The molecule has 0 spiro atoms. The van der Waals surface area contributed by atoms with E-state index in [9.17, 15) is 0 Å². The summed E-state index contributed by atoms with van der Waals surface area (Å²) in [5.74, 6) is 0. The molecule has 0 rings (SSSR count). The monoisotopic (exact) mass is 492 g/mol. The third kappa shape index (κ3) is 146. The Balaban J connectivity index is -0.00000000749. The first-order chi connectivity index (χ1) is 4.33. The van der Waals surface area contributed by atoms with Gasteiger partial charge in [0.15, 0.2) is 0 Å². The second-order valence-corrected chi connectivity index (χ2v) is 0.379. The number of hydrogen-bond acceptors (Lipinski definition) is 4. The number of aliphatic hydroxyl groups excluding tert-OH is 2. The molecular formula is C4H8O5Y4-2. The normalized spacial score (nSPS) is 3.00. The van der Waals surface area contributed by atoms with Gasteiger partial charge in [0.05, 0.1) is 0 Å². The minimum atomic E-state index is 0. The van der Waals surface area contributed by atoms with Crippen LogP contribution in [0.15, 0.2) is 0 Å². The molecule has 0 unspecified atom stereocenters. The third-order valence-electron chi connectivity index (χ3n) is 0.0833. The van der Waals surface area contributed by atoms with Crippen molar-refractivity contribution in [2.75, 3.05) is 14.2 Å². The summed E-state index contributed by atoms with van der Waals surface area (Å²) in [4.78, 5) is 17.1. The zero-order valence-electron chi connectivity index (χ0n) is 7.43. The van der Waals surface area contributed by atoms with Gasteiger partial charge in [0.1, 0.15) is 0 Å². The van der Waals surface area contributed by atoms with E-state index in [1.54, 1.807) is 0 Å². The summed E-state index contributed by atoms with van der Waals surface area (Å²) >= 11 is 0. The number of ether oxygens (including phenoxy) is 1. The molecule has 13 heavy (non-hydrogen) atoms. The van der Waals surface area contributed by atoms with E-state index in [1.807, 2.05) is 0 Å². The van der Waals surface area contributed by atoms with Crippen molar-refractivity contribution in [3.8, 4) is 0 Å². The molecule has 0 saturated carbocycles. The van der Waals surface area contributed by atoms with Crippen molar-refractivity contribution >= 4 is 12.9 Å². The Morgan fingerprint density at radius 3 is 1.08 bits per heavy atom. The van der Waals surface area contributed by atoms with E-state index < -0.39 is 0 Å². The Morgan fingerprint density at radius 1 is 1.00 bits per heavy atom. The molecule has 0 aliphatic rings. The zero-order chi connectivity index (χ0) is 8.12. The summed E-state index contributed by atoms with van der Waals surface area (Å²) in [7, 11) is 2.26. The summed E-state index contributed by atoms with van der Waals surface area (Å²) in [6.45, 7) is 1.68. The maximum Gasteiger partial charge on any atom is 0.0362 e. The van der Waals surface area contributed by atoms with Crippen LogP contribution in [-0.2, 0) is 145 Å². The van der Waals surface area contributed by atoms with Crippen LogP contribution in [0.1, 0.15) is 0 Å². The topological polar surface area (TPSA) is 83.8 Å². The third-order valence-corrected chi connectivity index (χ3v) is 0.0833. The van der Waals surface area contributed by atoms with Crippen molar-refractivity contribution in [2.24, 2.45) is 0 Å². The van der Waals surface area contributed by atoms with Gasteiger partial charge in [-0.2, -0.15) is 0 Å². The molecule has 68 valence electrons. The number of rotatable bonds is 1. The quantitative estimate of drug-likeness (QED) is 0.456. The van der Waals surface area contributed by atoms with Crippen LogP contribution >= 0.6 is 0 Å². The maximum atomic E-state index is 8.83. The summed E-state index contributed by atoms with van der Waals surface area (Å²) < 4.78 is 3.74. The minimum absolute atomic E-state index is 0. The standard InChI is InChI=1S/C2H3O2.CHO2.CH4O.4Y/c1-4-2-3;2-1-3;1-2;;;;/h1H3;(H,2,3);2H,1H3;;;;/q2*-1;;;;;. The number of carbonyl (C=O) groups excluding carboxylic acids is 1. The van der Waals surface area contributed by atoms with E-state index in [4.69, 9.17) is 19.8 Å². The van der Waals surface area contributed by atoms with Crippen molar-refractivity contribution < 1.29 is 155 Å². The van der Waals surface area contributed by atoms with Crippen LogP contribution in [0.3, 0.4) is 0 Å². The van der Waals surface area contributed by atoms with Crippen LogP contribution in [0.4, 0.5) is 0 Å². The summed E-state index contributed by atoms with van der Waals surface area (Å²) in [6.07, 6.45) is 0. The molecule has 0 aromatic carbocycles. The number of hydrogen-bond donors (Lipinski definition) is 2. The van der Waals surface area contributed by atoms with Gasteiger partial charge in [-0.15, -0.1) is 0 Å². The molecule has 0 amide bonds. The fraction of sp³-hybridized carbons (Fsp3) is 0.500. The Hall–Kier alpha value is 3.32. The van der Waals surface area contributed by atoms with Crippen LogP contribution in [0, 0.1) is 0 Å². The molecule has 0 bridgehead atoms. The average Bonchev–Trinajstić information content (AvgIpc) is 1.94. The fourth-order valence-electron chi connectivity index (χ4n) is 0. The van der Waals surface area contributed by atoms with E-state index in [0.717, 1.165) is 7.11 Å². The molecule has 2 N–H and O–H groups in total. The molecule has 5 nitrogen and oxygen atoms in total. The van der Waals surface area contributed by atoms with Crippen LogP contribution in [0.2, 0.25) is 0 Å². The van der Waals surface area contributed by atoms with Crippen molar-refractivity contribution in [3.05, 3.63) is 0 Å². The van der Waals surface area contributed by atoms with Gasteiger partial charge >= 0.3 is 0 Å². The number of methoxy groups -OCH3 is 1. The molecule has 0 aliphatic carbocycles. The Bertz CT molecular complexity index is 55.8.